The average Bonchev–Trinajstić information content (AvgIpc) is 2.38. The van der Waals surface area contributed by atoms with Crippen molar-refractivity contribution in [2.24, 2.45) is 0 Å². The largest absolute Gasteiger partial charge is 0.433 e. The molecule has 0 saturated heterocycles. The Bertz CT molecular complexity index is 728. The van der Waals surface area contributed by atoms with Crippen molar-refractivity contribution in [2.45, 2.75) is 0 Å². The van der Waals surface area contributed by atoms with E-state index in [4.69, 9.17) is 15.7 Å². The second kappa shape index (κ2) is 5.15. The molecule has 0 bridgehead atoms. The molecular weight excluding hydrogens is 269 g/mol. The molecule has 2 rings (SSSR count). The van der Waals surface area contributed by atoms with Gasteiger partial charge in [-0.3, -0.25) is 10.1 Å². The van der Waals surface area contributed by atoms with Crippen LogP contribution in [-0.2, 0) is 0 Å². The van der Waals surface area contributed by atoms with Crippen LogP contribution in [-0.4, -0.2) is 14.9 Å². The Labute approximate surface area is 111 Å². The van der Waals surface area contributed by atoms with Crippen LogP contribution < -0.4 is 10.5 Å². The van der Waals surface area contributed by atoms with Gasteiger partial charge in [0.1, 0.15) is 24.0 Å². The van der Waals surface area contributed by atoms with Gasteiger partial charge in [0, 0.05) is 6.07 Å². The predicted octanol–water partition coefficient (Wildman–Crippen LogP) is 1.77. The number of hydrogen-bond acceptors (Lipinski definition) is 7. The van der Waals surface area contributed by atoms with E-state index in [2.05, 4.69) is 9.97 Å². The lowest BCUT2D eigenvalue weighted by atomic mass is 10.2. The number of hydrogen-bond donors (Lipinski definition) is 1. The molecule has 1 heterocycles. The molecule has 8 nitrogen and oxygen atoms in total. The fourth-order valence-electron chi connectivity index (χ4n) is 1.38. The van der Waals surface area contributed by atoms with Crippen LogP contribution in [0.25, 0.3) is 0 Å². The van der Waals surface area contributed by atoms with Gasteiger partial charge in [0.2, 0.25) is 5.82 Å². The van der Waals surface area contributed by atoms with Crippen LogP contribution in [0.4, 0.5) is 15.9 Å². The zero-order valence-corrected chi connectivity index (χ0v) is 9.78. The second-order valence-corrected chi connectivity index (χ2v) is 3.53. The topological polar surface area (TPSA) is 128 Å². The predicted molar refractivity (Wildman–Crippen MR) is 64.3 cm³/mol. The Hall–Kier alpha value is -3.28. The van der Waals surface area contributed by atoms with Gasteiger partial charge >= 0.3 is 11.6 Å². The first-order valence-corrected chi connectivity index (χ1v) is 5.15. The molecule has 0 unspecified atom stereocenters. The summed E-state index contributed by atoms with van der Waals surface area (Å²) in [5, 5.41) is 19.4. The van der Waals surface area contributed by atoms with Gasteiger partial charge in [0.05, 0.1) is 10.5 Å². The summed E-state index contributed by atoms with van der Waals surface area (Å²) in [6.45, 7) is 0. The SMILES string of the molecule is N#Cc1ccc(Oc2ncnc(N)c2[N+](=O)[O-])cc1F. The van der Waals surface area contributed by atoms with Gasteiger partial charge < -0.3 is 10.5 Å². The molecule has 0 saturated carbocycles. The van der Waals surface area contributed by atoms with Gasteiger partial charge in [-0.2, -0.15) is 10.2 Å². The maximum absolute atomic E-state index is 13.4. The minimum atomic E-state index is -0.810. The molecule has 0 aliphatic rings. The van der Waals surface area contributed by atoms with Crippen molar-refractivity contribution in [3.8, 4) is 17.7 Å². The molecule has 20 heavy (non-hydrogen) atoms. The maximum atomic E-state index is 13.4. The molecule has 1 aromatic carbocycles. The zero-order chi connectivity index (χ0) is 14.7. The fraction of sp³-hybridized carbons (Fsp3) is 0. The summed E-state index contributed by atoms with van der Waals surface area (Å²) in [7, 11) is 0. The van der Waals surface area contributed by atoms with Gasteiger partial charge in [-0.05, 0) is 12.1 Å². The van der Waals surface area contributed by atoms with E-state index in [0.29, 0.717) is 0 Å². The number of nitro groups is 1. The third-order valence-corrected chi connectivity index (χ3v) is 2.28. The molecule has 9 heteroatoms. The zero-order valence-electron chi connectivity index (χ0n) is 9.78. The number of nitriles is 1. The molecule has 0 atom stereocenters. The lowest BCUT2D eigenvalue weighted by Crippen LogP contribution is -2.02. The molecule has 2 aromatic rings. The Morgan fingerprint density at radius 1 is 1.45 bits per heavy atom. The number of nitrogens with zero attached hydrogens (tertiary/aromatic N) is 4. The molecule has 1 aromatic heterocycles. The molecule has 100 valence electrons. The standard InChI is InChI=1S/C11H6FN5O3/c12-8-3-7(2-1-6(8)4-13)20-11-9(17(18)19)10(14)15-5-16-11/h1-3,5H,(H2,14,15,16). The van der Waals surface area contributed by atoms with Crippen LogP contribution in [0.5, 0.6) is 11.6 Å². The van der Waals surface area contributed by atoms with Crippen LogP contribution in [0.2, 0.25) is 0 Å². The summed E-state index contributed by atoms with van der Waals surface area (Å²) in [5.41, 5.74) is 4.58. The number of benzene rings is 1. The number of halogens is 1. The third-order valence-electron chi connectivity index (χ3n) is 2.28. The van der Waals surface area contributed by atoms with Crippen molar-refractivity contribution in [2.75, 3.05) is 5.73 Å². The molecule has 0 aliphatic heterocycles. The second-order valence-electron chi connectivity index (χ2n) is 3.53. The van der Waals surface area contributed by atoms with E-state index < -0.39 is 22.3 Å². The summed E-state index contributed by atoms with van der Waals surface area (Å²) >= 11 is 0. The molecule has 0 spiro atoms. The van der Waals surface area contributed by atoms with Crippen molar-refractivity contribution in [3.05, 3.63) is 46.0 Å². The van der Waals surface area contributed by atoms with Crippen LogP contribution in [0.3, 0.4) is 0 Å². The molecule has 0 fully saturated rings. The number of anilines is 1. The van der Waals surface area contributed by atoms with Gasteiger partial charge in [-0.15, -0.1) is 0 Å². The fourth-order valence-corrected chi connectivity index (χ4v) is 1.38. The van der Waals surface area contributed by atoms with Crippen molar-refractivity contribution in [1.82, 2.24) is 9.97 Å². The summed E-state index contributed by atoms with van der Waals surface area (Å²) in [4.78, 5) is 17.1. The van der Waals surface area contributed by atoms with E-state index >= 15 is 0 Å². The first-order valence-electron chi connectivity index (χ1n) is 5.15. The number of ether oxygens (including phenoxy) is 1. The molecular formula is C11H6FN5O3. The van der Waals surface area contributed by atoms with E-state index in [1.165, 1.54) is 12.1 Å². The van der Waals surface area contributed by atoms with Crippen LogP contribution in [0.1, 0.15) is 5.56 Å². The lowest BCUT2D eigenvalue weighted by Gasteiger charge is -2.06. The van der Waals surface area contributed by atoms with E-state index in [0.717, 1.165) is 12.4 Å². The molecule has 0 radical (unpaired) electrons. The quantitative estimate of drug-likeness (QED) is 0.667. The van der Waals surface area contributed by atoms with E-state index in [1.807, 2.05) is 0 Å². The Balaban J connectivity index is 2.41. The van der Waals surface area contributed by atoms with Crippen molar-refractivity contribution < 1.29 is 14.1 Å². The Morgan fingerprint density at radius 2 is 2.20 bits per heavy atom. The van der Waals surface area contributed by atoms with Crippen LogP contribution in [0.15, 0.2) is 24.5 Å². The van der Waals surface area contributed by atoms with Gasteiger partial charge in [0.15, 0.2) is 0 Å². The smallest absolute Gasteiger partial charge is 0.372 e. The van der Waals surface area contributed by atoms with E-state index in [9.17, 15) is 14.5 Å². The first kappa shape index (κ1) is 13.2. The normalized spacial score (nSPS) is 9.80. The van der Waals surface area contributed by atoms with Crippen molar-refractivity contribution in [1.29, 1.82) is 5.26 Å². The highest BCUT2D eigenvalue weighted by molar-refractivity contribution is 5.58. The summed E-state index contributed by atoms with van der Waals surface area (Å²) in [5.74, 6) is -1.64. The van der Waals surface area contributed by atoms with E-state index in [-0.39, 0.29) is 17.1 Å². The Morgan fingerprint density at radius 3 is 2.80 bits per heavy atom. The van der Waals surface area contributed by atoms with Crippen LogP contribution >= 0.6 is 0 Å². The summed E-state index contributed by atoms with van der Waals surface area (Å²) in [6, 6.07) is 5.02. The summed E-state index contributed by atoms with van der Waals surface area (Å²) < 4.78 is 18.5. The van der Waals surface area contributed by atoms with Gasteiger partial charge in [0.25, 0.3) is 0 Å². The maximum Gasteiger partial charge on any atom is 0.372 e. The lowest BCUT2D eigenvalue weighted by molar-refractivity contribution is -0.385. The van der Waals surface area contributed by atoms with Gasteiger partial charge in [-0.1, -0.05) is 0 Å². The molecule has 0 aliphatic carbocycles. The minimum absolute atomic E-state index is 0.0531. The van der Waals surface area contributed by atoms with Gasteiger partial charge in [-0.25, -0.2) is 9.37 Å². The number of rotatable bonds is 3. The molecule has 2 N–H and O–H groups in total. The number of aromatic nitrogens is 2. The van der Waals surface area contributed by atoms with E-state index in [1.54, 1.807) is 6.07 Å². The average molecular weight is 275 g/mol. The van der Waals surface area contributed by atoms with Crippen LogP contribution in [0, 0.1) is 27.3 Å². The monoisotopic (exact) mass is 275 g/mol. The van der Waals surface area contributed by atoms with Crippen molar-refractivity contribution in [3.63, 3.8) is 0 Å². The third kappa shape index (κ3) is 2.44. The number of nitrogens with two attached hydrogens (primary N) is 1. The highest BCUT2D eigenvalue weighted by Gasteiger charge is 2.23. The number of nitrogen functional groups attached to an aromatic ring is 1. The first-order chi connectivity index (χ1) is 9.52. The molecule has 0 amide bonds. The highest BCUT2D eigenvalue weighted by Crippen LogP contribution is 2.32. The highest BCUT2D eigenvalue weighted by atomic mass is 19.1. The summed E-state index contributed by atoms with van der Waals surface area (Å²) in [6.07, 6.45) is 0.984. The Kier molecular flexibility index (Phi) is 3.39. The van der Waals surface area contributed by atoms with Crippen molar-refractivity contribution >= 4 is 11.5 Å². The minimum Gasteiger partial charge on any atom is -0.433 e.